The van der Waals surface area contributed by atoms with Crippen LogP contribution in [0.4, 0.5) is 0 Å². The molecule has 0 saturated carbocycles. The molecule has 19 heavy (non-hydrogen) atoms. The Morgan fingerprint density at radius 3 is 1.79 bits per heavy atom. The summed E-state index contributed by atoms with van der Waals surface area (Å²) in [6.45, 7) is 7.72. The van der Waals surface area contributed by atoms with Crippen LogP contribution in [0.25, 0.3) is 0 Å². The third-order valence-corrected chi connectivity index (χ3v) is 3.48. The molecule has 0 amide bonds. The highest BCUT2D eigenvalue weighted by Crippen LogP contribution is 2.13. The zero-order chi connectivity index (χ0) is 14.3. The van der Waals surface area contributed by atoms with Crippen molar-refractivity contribution in [3.63, 3.8) is 0 Å². The second kappa shape index (κ2) is 14.3. The van der Waals surface area contributed by atoms with E-state index in [1.54, 1.807) is 0 Å². The van der Waals surface area contributed by atoms with Gasteiger partial charge in [-0.3, -0.25) is 0 Å². The highest BCUT2D eigenvalue weighted by atomic mass is 16.7. The summed E-state index contributed by atoms with van der Waals surface area (Å²) in [7, 11) is 2.00. The summed E-state index contributed by atoms with van der Waals surface area (Å²) in [5, 5.41) is 3.33. The maximum absolute atomic E-state index is 5.66. The van der Waals surface area contributed by atoms with Crippen molar-refractivity contribution in [3.8, 4) is 0 Å². The Bertz CT molecular complexity index is 170. The van der Waals surface area contributed by atoms with Crippen LogP contribution in [0.1, 0.15) is 72.1 Å². The second-order valence-corrected chi connectivity index (χ2v) is 5.08. The number of likely N-dealkylation sites (N-methyl/N-ethyl adjacent to an activating group) is 1. The molecule has 0 aromatic rings. The average Bonchev–Trinajstić information content (AvgIpc) is 2.42. The summed E-state index contributed by atoms with van der Waals surface area (Å²) >= 11 is 0. The van der Waals surface area contributed by atoms with Gasteiger partial charge in [-0.2, -0.15) is 0 Å². The van der Waals surface area contributed by atoms with Crippen LogP contribution in [-0.2, 0) is 9.47 Å². The second-order valence-electron chi connectivity index (χ2n) is 5.08. The van der Waals surface area contributed by atoms with E-state index in [0.717, 1.165) is 6.42 Å². The van der Waals surface area contributed by atoms with Gasteiger partial charge in [0.2, 0.25) is 0 Å². The van der Waals surface area contributed by atoms with E-state index < -0.39 is 0 Å². The lowest BCUT2D eigenvalue weighted by Gasteiger charge is -2.26. The van der Waals surface area contributed by atoms with Crippen LogP contribution in [-0.4, -0.2) is 32.6 Å². The van der Waals surface area contributed by atoms with E-state index in [-0.39, 0.29) is 6.29 Å². The van der Waals surface area contributed by atoms with Crippen molar-refractivity contribution in [1.29, 1.82) is 0 Å². The van der Waals surface area contributed by atoms with Crippen LogP contribution in [0.3, 0.4) is 0 Å². The monoisotopic (exact) mass is 273 g/mol. The fourth-order valence-corrected chi connectivity index (χ4v) is 2.35. The van der Waals surface area contributed by atoms with Gasteiger partial charge in [-0.05, 0) is 27.3 Å². The largest absolute Gasteiger partial charge is 0.351 e. The minimum absolute atomic E-state index is 0.0971. The molecule has 0 aliphatic heterocycles. The van der Waals surface area contributed by atoms with E-state index in [0.29, 0.717) is 19.3 Å². The number of nitrogens with one attached hydrogen (secondary N) is 1. The van der Waals surface area contributed by atoms with Crippen molar-refractivity contribution in [3.05, 3.63) is 0 Å². The summed E-state index contributed by atoms with van der Waals surface area (Å²) < 4.78 is 11.3. The molecule has 0 heterocycles. The lowest BCUT2D eigenvalue weighted by Crippen LogP contribution is -2.41. The van der Waals surface area contributed by atoms with Gasteiger partial charge in [-0.1, -0.05) is 51.9 Å². The Labute approximate surface area is 120 Å². The van der Waals surface area contributed by atoms with Gasteiger partial charge >= 0.3 is 0 Å². The number of ether oxygens (including phenoxy) is 2. The molecule has 0 radical (unpaired) electrons. The Hall–Kier alpha value is -0.120. The fourth-order valence-electron chi connectivity index (χ4n) is 2.35. The molecule has 1 N–H and O–H groups in total. The Morgan fingerprint density at radius 1 is 0.789 bits per heavy atom. The number of hydrogen-bond acceptors (Lipinski definition) is 3. The molecule has 0 bridgehead atoms. The molecule has 0 aliphatic carbocycles. The Balaban J connectivity index is 3.71. The molecule has 0 saturated heterocycles. The first-order chi connectivity index (χ1) is 9.29. The van der Waals surface area contributed by atoms with Crippen molar-refractivity contribution in [1.82, 2.24) is 5.32 Å². The zero-order valence-electron chi connectivity index (χ0n) is 13.5. The smallest absolute Gasteiger partial charge is 0.172 e. The molecule has 0 fully saturated rings. The topological polar surface area (TPSA) is 30.5 Å². The number of hydrogen-bond donors (Lipinski definition) is 1. The molecule has 3 heteroatoms. The molecule has 116 valence electrons. The van der Waals surface area contributed by atoms with Crippen LogP contribution in [0.15, 0.2) is 0 Å². The van der Waals surface area contributed by atoms with Gasteiger partial charge in [-0.25, -0.2) is 0 Å². The summed E-state index contributed by atoms with van der Waals surface area (Å²) in [6, 6.07) is 0.315. The van der Waals surface area contributed by atoms with E-state index in [2.05, 4.69) is 12.2 Å². The first-order valence-corrected chi connectivity index (χ1v) is 8.20. The first-order valence-electron chi connectivity index (χ1n) is 8.20. The molecule has 0 aromatic carbocycles. The standard InChI is InChI=1S/C16H35NO2/c1-5-8-9-10-11-12-13-14-15(17-4)16(18-6-2)19-7-3/h15-17H,5-14H2,1-4H3. The summed E-state index contributed by atoms with van der Waals surface area (Å²) in [5.74, 6) is 0. The summed E-state index contributed by atoms with van der Waals surface area (Å²) in [6.07, 6.45) is 10.5. The third kappa shape index (κ3) is 10.3. The average molecular weight is 273 g/mol. The maximum atomic E-state index is 5.66. The molecule has 3 nitrogen and oxygen atoms in total. The van der Waals surface area contributed by atoms with Gasteiger partial charge < -0.3 is 14.8 Å². The predicted molar refractivity (Wildman–Crippen MR) is 82.5 cm³/mol. The van der Waals surface area contributed by atoms with Crippen LogP contribution in [0.2, 0.25) is 0 Å². The Kier molecular flexibility index (Phi) is 14.2. The molecule has 0 aliphatic rings. The molecule has 1 unspecified atom stereocenters. The van der Waals surface area contributed by atoms with Crippen LogP contribution in [0, 0.1) is 0 Å². The number of unbranched alkanes of at least 4 members (excludes halogenated alkanes) is 6. The van der Waals surface area contributed by atoms with E-state index in [4.69, 9.17) is 9.47 Å². The molecular weight excluding hydrogens is 238 g/mol. The van der Waals surface area contributed by atoms with Gasteiger partial charge in [0, 0.05) is 13.2 Å². The summed E-state index contributed by atoms with van der Waals surface area (Å²) in [4.78, 5) is 0. The van der Waals surface area contributed by atoms with E-state index in [1.807, 2.05) is 20.9 Å². The highest BCUT2D eigenvalue weighted by Gasteiger charge is 2.19. The van der Waals surface area contributed by atoms with Crippen molar-refractivity contribution in [2.24, 2.45) is 0 Å². The molecular formula is C16H35NO2. The summed E-state index contributed by atoms with van der Waals surface area (Å²) in [5.41, 5.74) is 0. The van der Waals surface area contributed by atoms with Crippen LogP contribution >= 0.6 is 0 Å². The highest BCUT2D eigenvalue weighted by molar-refractivity contribution is 4.69. The molecule has 0 spiro atoms. The zero-order valence-corrected chi connectivity index (χ0v) is 13.5. The first kappa shape index (κ1) is 18.9. The third-order valence-electron chi connectivity index (χ3n) is 3.48. The lowest BCUT2D eigenvalue weighted by molar-refractivity contribution is -0.154. The maximum Gasteiger partial charge on any atom is 0.172 e. The van der Waals surface area contributed by atoms with E-state index in [9.17, 15) is 0 Å². The molecule has 1 atom stereocenters. The van der Waals surface area contributed by atoms with E-state index in [1.165, 1.54) is 44.9 Å². The quantitative estimate of drug-likeness (QED) is 0.381. The normalized spacial score (nSPS) is 13.1. The van der Waals surface area contributed by atoms with Gasteiger partial charge in [0.1, 0.15) is 0 Å². The lowest BCUT2D eigenvalue weighted by atomic mass is 10.0. The van der Waals surface area contributed by atoms with Crippen molar-refractivity contribution in [2.45, 2.75) is 84.5 Å². The van der Waals surface area contributed by atoms with Crippen molar-refractivity contribution < 1.29 is 9.47 Å². The van der Waals surface area contributed by atoms with E-state index >= 15 is 0 Å². The molecule has 0 aromatic heterocycles. The van der Waals surface area contributed by atoms with Crippen molar-refractivity contribution >= 4 is 0 Å². The number of rotatable bonds is 14. The van der Waals surface area contributed by atoms with Gasteiger partial charge in [0.25, 0.3) is 0 Å². The van der Waals surface area contributed by atoms with Gasteiger partial charge in [0.05, 0.1) is 6.04 Å². The fraction of sp³-hybridized carbons (Fsp3) is 1.00. The Morgan fingerprint density at radius 2 is 1.32 bits per heavy atom. The predicted octanol–water partition coefficient (Wildman–Crippen LogP) is 4.11. The van der Waals surface area contributed by atoms with Crippen LogP contribution in [0.5, 0.6) is 0 Å². The van der Waals surface area contributed by atoms with Gasteiger partial charge in [0.15, 0.2) is 6.29 Å². The van der Waals surface area contributed by atoms with Gasteiger partial charge in [-0.15, -0.1) is 0 Å². The van der Waals surface area contributed by atoms with Crippen LogP contribution < -0.4 is 5.32 Å². The van der Waals surface area contributed by atoms with Crippen molar-refractivity contribution in [2.75, 3.05) is 20.3 Å². The minimum atomic E-state index is -0.0971. The minimum Gasteiger partial charge on any atom is -0.351 e. The SMILES string of the molecule is CCCCCCCCCC(NC)C(OCC)OCC. The molecule has 0 rings (SSSR count).